The summed E-state index contributed by atoms with van der Waals surface area (Å²) < 4.78 is 5.84. The molecule has 0 aliphatic carbocycles. The average Bonchev–Trinajstić information content (AvgIpc) is 2.96. The Labute approximate surface area is 186 Å². The second-order valence-electron chi connectivity index (χ2n) is 6.71. The number of amides is 1. The van der Waals surface area contributed by atoms with E-state index in [1.807, 2.05) is 4.90 Å². The topological polar surface area (TPSA) is 54.5 Å². The highest BCUT2D eigenvalue weighted by Gasteiger charge is 2.32. The lowest BCUT2D eigenvalue weighted by Crippen LogP contribution is -2.39. The number of fused-ring (bicyclic) bond motifs is 2. The van der Waals surface area contributed by atoms with Crippen LogP contribution in [0.2, 0.25) is 10.0 Å². The number of nitrogens with one attached hydrogen (secondary N) is 1. The Morgan fingerprint density at radius 2 is 1.93 bits per heavy atom. The van der Waals surface area contributed by atoms with E-state index >= 15 is 0 Å². The number of nitrogens with zero attached hydrogens (tertiary/aromatic N) is 2. The van der Waals surface area contributed by atoms with Gasteiger partial charge in [0.1, 0.15) is 11.3 Å². The minimum atomic E-state index is -0.0625. The molecule has 2 bridgehead atoms. The summed E-state index contributed by atoms with van der Waals surface area (Å²) in [5.74, 6) is 0.608. The highest BCUT2D eigenvalue weighted by atomic mass is 35.5. The second-order valence-corrected chi connectivity index (χ2v) is 7.55. The SMILES string of the molecule is Cl.Cl.O=C(c1cccnc1Oc1ccc(Cl)cc1Cl)N1CCC2CCC(C1)N2. The molecule has 0 radical (unpaired) electrons. The Morgan fingerprint density at radius 3 is 2.71 bits per heavy atom. The molecule has 0 spiro atoms. The number of benzene rings is 1. The molecule has 2 aliphatic rings. The molecule has 1 amide bonds. The monoisotopic (exact) mass is 463 g/mol. The zero-order valence-electron chi connectivity index (χ0n) is 14.9. The van der Waals surface area contributed by atoms with Gasteiger partial charge in [-0.25, -0.2) is 4.98 Å². The zero-order chi connectivity index (χ0) is 18.1. The summed E-state index contributed by atoms with van der Waals surface area (Å²) in [5.41, 5.74) is 0.441. The summed E-state index contributed by atoms with van der Waals surface area (Å²) in [7, 11) is 0. The van der Waals surface area contributed by atoms with E-state index in [9.17, 15) is 4.79 Å². The minimum Gasteiger partial charge on any atom is -0.437 e. The van der Waals surface area contributed by atoms with Crippen LogP contribution < -0.4 is 10.1 Å². The van der Waals surface area contributed by atoms with Crippen molar-refractivity contribution in [1.82, 2.24) is 15.2 Å². The maximum atomic E-state index is 13.1. The summed E-state index contributed by atoms with van der Waals surface area (Å²) in [6, 6.07) is 9.33. The maximum Gasteiger partial charge on any atom is 0.259 e. The summed E-state index contributed by atoms with van der Waals surface area (Å²) >= 11 is 12.1. The fourth-order valence-corrected chi connectivity index (χ4v) is 4.04. The summed E-state index contributed by atoms with van der Waals surface area (Å²) in [4.78, 5) is 19.2. The average molecular weight is 465 g/mol. The number of halogens is 4. The molecule has 3 heterocycles. The minimum absolute atomic E-state index is 0. The number of ether oxygens (including phenoxy) is 1. The van der Waals surface area contributed by atoms with E-state index in [-0.39, 0.29) is 36.6 Å². The molecule has 1 aromatic carbocycles. The van der Waals surface area contributed by atoms with Crippen LogP contribution in [-0.4, -0.2) is 41.0 Å². The molecule has 0 saturated carbocycles. The standard InChI is InChI=1S/C19H19Cl2N3O2.2ClH/c20-12-3-6-17(16(21)10-12)26-18-15(2-1-8-22-18)19(25)24-9-7-13-4-5-14(11-24)23-13;;/h1-3,6,8,10,13-14,23H,4-5,7,9,11H2;2*1H. The van der Waals surface area contributed by atoms with Crippen molar-refractivity contribution in [1.29, 1.82) is 0 Å². The van der Waals surface area contributed by atoms with Gasteiger partial charge in [0.2, 0.25) is 5.88 Å². The van der Waals surface area contributed by atoms with Gasteiger partial charge >= 0.3 is 0 Å². The Morgan fingerprint density at radius 1 is 1.14 bits per heavy atom. The van der Waals surface area contributed by atoms with Crippen molar-refractivity contribution < 1.29 is 9.53 Å². The first-order valence-corrected chi connectivity index (χ1v) is 9.49. The van der Waals surface area contributed by atoms with Gasteiger partial charge in [-0.15, -0.1) is 24.8 Å². The van der Waals surface area contributed by atoms with Gasteiger partial charge in [-0.1, -0.05) is 23.2 Å². The molecule has 2 atom stereocenters. The first kappa shape index (κ1) is 23.0. The Hall–Kier alpha value is -1.24. The molecular weight excluding hydrogens is 444 g/mol. The summed E-state index contributed by atoms with van der Waals surface area (Å²) in [5, 5.41) is 4.48. The van der Waals surface area contributed by atoms with E-state index in [0.717, 1.165) is 19.4 Å². The molecule has 5 nitrogen and oxygen atoms in total. The molecule has 1 N–H and O–H groups in total. The van der Waals surface area contributed by atoms with Crippen LogP contribution in [-0.2, 0) is 0 Å². The van der Waals surface area contributed by atoms with Crippen LogP contribution in [0.25, 0.3) is 0 Å². The third-order valence-electron chi connectivity index (χ3n) is 4.91. The van der Waals surface area contributed by atoms with E-state index in [1.165, 1.54) is 6.42 Å². The zero-order valence-corrected chi connectivity index (χ0v) is 18.1. The molecule has 2 saturated heterocycles. The number of pyridine rings is 1. The Bertz CT molecular complexity index is 837. The van der Waals surface area contributed by atoms with E-state index < -0.39 is 0 Å². The van der Waals surface area contributed by atoms with Crippen molar-refractivity contribution in [2.75, 3.05) is 13.1 Å². The van der Waals surface area contributed by atoms with E-state index in [4.69, 9.17) is 27.9 Å². The van der Waals surface area contributed by atoms with Crippen LogP contribution >= 0.6 is 48.0 Å². The van der Waals surface area contributed by atoms with Gasteiger partial charge in [0.15, 0.2) is 0 Å². The van der Waals surface area contributed by atoms with Crippen LogP contribution in [0.3, 0.4) is 0 Å². The van der Waals surface area contributed by atoms with Gasteiger partial charge in [-0.05, 0) is 49.6 Å². The lowest BCUT2D eigenvalue weighted by molar-refractivity contribution is 0.0745. The number of rotatable bonds is 3. The van der Waals surface area contributed by atoms with Gasteiger partial charge in [-0.3, -0.25) is 4.79 Å². The van der Waals surface area contributed by atoms with Gasteiger partial charge in [0.05, 0.1) is 5.02 Å². The number of hydrogen-bond acceptors (Lipinski definition) is 4. The van der Waals surface area contributed by atoms with Crippen LogP contribution in [0.1, 0.15) is 29.6 Å². The molecule has 1 aromatic heterocycles. The lowest BCUT2D eigenvalue weighted by Gasteiger charge is -2.25. The van der Waals surface area contributed by atoms with Crippen molar-refractivity contribution in [3.63, 3.8) is 0 Å². The fraction of sp³-hybridized carbons (Fsp3) is 0.368. The highest BCUT2D eigenvalue weighted by molar-refractivity contribution is 6.35. The molecular formula is C19H21Cl4N3O2. The van der Waals surface area contributed by atoms with E-state index in [1.54, 1.807) is 36.5 Å². The predicted molar refractivity (Wildman–Crippen MR) is 116 cm³/mol. The largest absolute Gasteiger partial charge is 0.437 e. The molecule has 28 heavy (non-hydrogen) atoms. The van der Waals surface area contributed by atoms with Crippen LogP contribution in [0.4, 0.5) is 0 Å². The number of carbonyl (C=O) groups is 1. The van der Waals surface area contributed by atoms with Gasteiger partial charge in [0, 0.05) is 36.4 Å². The van der Waals surface area contributed by atoms with E-state index in [2.05, 4.69) is 10.3 Å². The van der Waals surface area contributed by atoms with Crippen molar-refractivity contribution in [2.45, 2.75) is 31.3 Å². The number of carbonyl (C=O) groups excluding carboxylic acids is 1. The molecule has 2 unspecified atom stereocenters. The number of aromatic nitrogens is 1. The first-order valence-electron chi connectivity index (χ1n) is 8.73. The lowest BCUT2D eigenvalue weighted by atomic mass is 10.1. The molecule has 4 rings (SSSR count). The number of likely N-dealkylation sites (tertiary alicyclic amines) is 1. The van der Waals surface area contributed by atoms with Gasteiger partial charge in [-0.2, -0.15) is 0 Å². The quantitative estimate of drug-likeness (QED) is 0.694. The van der Waals surface area contributed by atoms with Crippen LogP contribution in [0.5, 0.6) is 11.6 Å². The first-order chi connectivity index (χ1) is 12.6. The van der Waals surface area contributed by atoms with Crippen molar-refractivity contribution in [3.8, 4) is 11.6 Å². The molecule has 152 valence electrons. The third-order valence-corrected chi connectivity index (χ3v) is 5.44. The highest BCUT2D eigenvalue weighted by Crippen LogP contribution is 2.32. The molecule has 9 heteroatoms. The van der Waals surface area contributed by atoms with Crippen LogP contribution in [0.15, 0.2) is 36.5 Å². The summed E-state index contributed by atoms with van der Waals surface area (Å²) in [6.07, 6.45) is 4.89. The maximum absolute atomic E-state index is 13.1. The van der Waals surface area contributed by atoms with Crippen LogP contribution in [0, 0.1) is 0 Å². The van der Waals surface area contributed by atoms with E-state index in [0.29, 0.717) is 40.0 Å². The third kappa shape index (κ3) is 5.02. The van der Waals surface area contributed by atoms with Crippen molar-refractivity contribution >= 4 is 53.9 Å². The Kier molecular flexibility index (Phi) is 8.22. The molecule has 2 aliphatic heterocycles. The summed E-state index contributed by atoms with van der Waals surface area (Å²) in [6.45, 7) is 1.45. The van der Waals surface area contributed by atoms with Crippen molar-refractivity contribution in [3.05, 3.63) is 52.1 Å². The van der Waals surface area contributed by atoms with Gasteiger partial charge in [0.25, 0.3) is 5.91 Å². The number of hydrogen-bond donors (Lipinski definition) is 1. The normalized spacial score (nSPS) is 20.6. The van der Waals surface area contributed by atoms with Crippen molar-refractivity contribution in [2.24, 2.45) is 0 Å². The predicted octanol–water partition coefficient (Wildman–Crippen LogP) is 4.99. The second kappa shape index (κ2) is 9.99. The van der Waals surface area contributed by atoms with Gasteiger partial charge < -0.3 is 15.0 Å². The Balaban J connectivity index is 0.00000140. The molecule has 2 fully saturated rings. The smallest absolute Gasteiger partial charge is 0.259 e. The molecule has 2 aromatic rings. The fourth-order valence-electron chi connectivity index (χ4n) is 3.59.